The van der Waals surface area contributed by atoms with Gasteiger partial charge in [0.1, 0.15) is 0 Å². The van der Waals surface area contributed by atoms with E-state index in [1.807, 2.05) is 30.0 Å². The first-order chi connectivity index (χ1) is 11.5. The Morgan fingerprint density at radius 3 is 2.62 bits per heavy atom. The lowest BCUT2D eigenvalue weighted by molar-refractivity contribution is 0.0687. The quantitative estimate of drug-likeness (QED) is 0.871. The lowest BCUT2D eigenvalue weighted by Gasteiger charge is -2.32. The summed E-state index contributed by atoms with van der Waals surface area (Å²) in [6.07, 6.45) is 4.44. The Hall–Kier alpha value is -2.15. The van der Waals surface area contributed by atoms with Crippen LogP contribution in [0.4, 0.5) is 0 Å². The number of halogens is 1. The first-order valence-electron chi connectivity index (χ1n) is 7.79. The van der Waals surface area contributed by atoms with Gasteiger partial charge in [-0.3, -0.25) is 9.48 Å². The topological polar surface area (TPSA) is 75.4 Å². The van der Waals surface area contributed by atoms with E-state index < -0.39 is 5.97 Å². The van der Waals surface area contributed by atoms with E-state index in [1.54, 1.807) is 10.9 Å². The number of likely N-dealkylation sites (tertiary alicyclic amines) is 1. The maximum Gasteiger partial charge on any atom is 0.338 e. The molecule has 2 aromatic rings. The Morgan fingerprint density at radius 1 is 1.29 bits per heavy atom. The van der Waals surface area contributed by atoms with Gasteiger partial charge in [0.2, 0.25) is 0 Å². The minimum absolute atomic E-state index is 0.0238. The van der Waals surface area contributed by atoms with Crippen LogP contribution in [-0.4, -0.2) is 44.8 Å². The first-order valence-corrected chi connectivity index (χ1v) is 8.58. The molecule has 126 valence electrons. The van der Waals surface area contributed by atoms with Crippen molar-refractivity contribution in [3.8, 4) is 0 Å². The highest BCUT2D eigenvalue weighted by Gasteiger charge is 2.26. The highest BCUT2D eigenvalue weighted by Crippen LogP contribution is 2.26. The number of benzene rings is 1. The van der Waals surface area contributed by atoms with Crippen LogP contribution in [-0.2, 0) is 0 Å². The fourth-order valence-corrected chi connectivity index (χ4v) is 3.40. The molecule has 0 bridgehead atoms. The number of rotatable bonds is 3. The van der Waals surface area contributed by atoms with E-state index in [4.69, 9.17) is 5.11 Å². The molecule has 0 aliphatic carbocycles. The minimum atomic E-state index is -0.974. The van der Waals surface area contributed by atoms with Crippen LogP contribution >= 0.6 is 15.9 Å². The monoisotopic (exact) mass is 391 g/mol. The molecule has 1 aromatic heterocycles. The molecule has 1 fully saturated rings. The van der Waals surface area contributed by atoms with Crippen molar-refractivity contribution in [1.82, 2.24) is 14.7 Å². The van der Waals surface area contributed by atoms with E-state index in [2.05, 4.69) is 21.0 Å². The number of carboxylic acid groups (broad SMARTS) is 1. The average Bonchev–Trinajstić information content (AvgIpc) is 3.07. The zero-order chi connectivity index (χ0) is 17.3. The summed E-state index contributed by atoms with van der Waals surface area (Å²) in [6.45, 7) is 3.23. The number of carboxylic acids is 1. The Labute approximate surface area is 148 Å². The Morgan fingerprint density at radius 2 is 2.00 bits per heavy atom. The van der Waals surface area contributed by atoms with Gasteiger partial charge in [0.25, 0.3) is 5.91 Å². The molecule has 2 heterocycles. The summed E-state index contributed by atoms with van der Waals surface area (Å²) in [5.41, 5.74) is 1.91. The molecule has 24 heavy (non-hydrogen) atoms. The predicted molar refractivity (Wildman–Crippen MR) is 92.2 cm³/mol. The van der Waals surface area contributed by atoms with Crippen LogP contribution in [0.1, 0.15) is 45.2 Å². The number of hydrogen-bond donors (Lipinski definition) is 1. The molecular weight excluding hydrogens is 374 g/mol. The molecule has 0 unspecified atom stereocenters. The molecule has 1 N–H and O–H groups in total. The van der Waals surface area contributed by atoms with Gasteiger partial charge in [-0.15, -0.1) is 0 Å². The highest BCUT2D eigenvalue weighted by atomic mass is 79.9. The summed E-state index contributed by atoms with van der Waals surface area (Å²) >= 11 is 3.50. The zero-order valence-corrected chi connectivity index (χ0v) is 14.9. The fraction of sp³-hybridized carbons (Fsp3) is 0.353. The van der Waals surface area contributed by atoms with Gasteiger partial charge in [0.15, 0.2) is 0 Å². The maximum absolute atomic E-state index is 12.7. The molecule has 7 heteroatoms. The Kier molecular flexibility index (Phi) is 4.71. The van der Waals surface area contributed by atoms with E-state index >= 15 is 0 Å². The van der Waals surface area contributed by atoms with Crippen molar-refractivity contribution in [3.05, 3.63) is 51.8 Å². The van der Waals surface area contributed by atoms with Crippen LogP contribution in [0.3, 0.4) is 0 Å². The lowest BCUT2D eigenvalue weighted by Crippen LogP contribution is -2.39. The largest absolute Gasteiger partial charge is 0.478 e. The zero-order valence-electron chi connectivity index (χ0n) is 13.3. The number of amides is 1. The molecule has 1 aliphatic heterocycles. The molecule has 1 amide bonds. The van der Waals surface area contributed by atoms with E-state index in [-0.39, 0.29) is 17.5 Å². The third kappa shape index (κ3) is 3.21. The summed E-state index contributed by atoms with van der Waals surface area (Å²) < 4.78 is 2.55. The third-order valence-corrected chi connectivity index (χ3v) is 5.45. The predicted octanol–water partition coefficient (Wildman–Crippen LogP) is 3.13. The van der Waals surface area contributed by atoms with E-state index in [9.17, 15) is 9.59 Å². The van der Waals surface area contributed by atoms with Gasteiger partial charge in [-0.2, -0.15) is 5.10 Å². The number of hydrogen-bond acceptors (Lipinski definition) is 3. The van der Waals surface area contributed by atoms with Crippen LogP contribution in [0.5, 0.6) is 0 Å². The van der Waals surface area contributed by atoms with Gasteiger partial charge in [-0.05, 0) is 47.3 Å². The van der Waals surface area contributed by atoms with Crippen molar-refractivity contribution in [2.45, 2.75) is 25.8 Å². The van der Waals surface area contributed by atoms with Crippen LogP contribution < -0.4 is 0 Å². The van der Waals surface area contributed by atoms with Gasteiger partial charge in [-0.25, -0.2) is 4.79 Å². The van der Waals surface area contributed by atoms with Gasteiger partial charge < -0.3 is 10.0 Å². The van der Waals surface area contributed by atoms with E-state index in [0.29, 0.717) is 18.7 Å². The Bertz CT molecular complexity index is 779. The molecule has 1 aliphatic rings. The van der Waals surface area contributed by atoms with Gasteiger partial charge >= 0.3 is 5.97 Å². The average molecular weight is 392 g/mol. The molecule has 1 aromatic carbocycles. The Balaban J connectivity index is 1.67. The SMILES string of the molecule is Cc1cccc(C(=O)N2CCC(n3cc(C(=O)O)cn3)CC2)c1Br. The fourth-order valence-electron chi connectivity index (χ4n) is 2.96. The second-order valence-electron chi connectivity index (χ2n) is 5.97. The second-order valence-corrected chi connectivity index (χ2v) is 6.77. The van der Waals surface area contributed by atoms with Crippen LogP contribution in [0.15, 0.2) is 35.1 Å². The van der Waals surface area contributed by atoms with Crippen molar-refractivity contribution in [3.63, 3.8) is 0 Å². The van der Waals surface area contributed by atoms with Crippen LogP contribution in [0.25, 0.3) is 0 Å². The third-order valence-electron chi connectivity index (χ3n) is 4.40. The first kappa shape index (κ1) is 16.7. The van der Waals surface area contributed by atoms with Crippen molar-refractivity contribution in [1.29, 1.82) is 0 Å². The number of aromatic nitrogens is 2. The number of carbonyl (C=O) groups excluding carboxylic acids is 1. The normalized spacial score (nSPS) is 15.5. The van der Waals surface area contributed by atoms with Crippen molar-refractivity contribution < 1.29 is 14.7 Å². The van der Waals surface area contributed by atoms with Gasteiger partial charge in [-0.1, -0.05) is 12.1 Å². The number of aryl methyl sites for hydroxylation is 1. The van der Waals surface area contributed by atoms with Crippen LogP contribution in [0.2, 0.25) is 0 Å². The summed E-state index contributed by atoms with van der Waals surface area (Å²) in [4.78, 5) is 25.5. The molecule has 0 radical (unpaired) electrons. The summed E-state index contributed by atoms with van der Waals surface area (Å²) in [7, 11) is 0. The highest BCUT2D eigenvalue weighted by molar-refractivity contribution is 9.10. The van der Waals surface area contributed by atoms with Crippen LogP contribution in [0, 0.1) is 6.92 Å². The van der Waals surface area contributed by atoms with Gasteiger partial charge in [0.05, 0.1) is 23.4 Å². The summed E-state index contributed by atoms with van der Waals surface area (Å²) in [6, 6.07) is 5.81. The van der Waals surface area contributed by atoms with E-state index in [1.165, 1.54) is 6.20 Å². The van der Waals surface area contributed by atoms with Crippen molar-refractivity contribution in [2.75, 3.05) is 13.1 Å². The molecular formula is C17H18BrN3O3. The minimum Gasteiger partial charge on any atom is -0.478 e. The smallest absolute Gasteiger partial charge is 0.338 e. The van der Waals surface area contributed by atoms with Crippen molar-refractivity contribution in [2.24, 2.45) is 0 Å². The summed E-state index contributed by atoms with van der Waals surface area (Å²) in [5.74, 6) is -0.950. The second kappa shape index (κ2) is 6.76. The van der Waals surface area contributed by atoms with Crippen molar-refractivity contribution >= 4 is 27.8 Å². The molecule has 6 nitrogen and oxygen atoms in total. The molecule has 1 saturated heterocycles. The number of nitrogens with zero attached hydrogens (tertiary/aromatic N) is 3. The lowest BCUT2D eigenvalue weighted by atomic mass is 10.0. The standard InChI is InChI=1S/C17H18BrN3O3/c1-11-3-2-4-14(15(11)18)16(22)20-7-5-13(6-8-20)21-10-12(9-19-21)17(23)24/h2-4,9-10,13H,5-8H2,1H3,(H,23,24). The number of aromatic carboxylic acids is 1. The maximum atomic E-state index is 12.7. The molecule has 0 atom stereocenters. The summed E-state index contributed by atoms with van der Waals surface area (Å²) in [5, 5.41) is 13.1. The number of carbonyl (C=O) groups is 2. The number of piperidine rings is 1. The van der Waals surface area contributed by atoms with E-state index in [0.717, 1.165) is 22.9 Å². The molecule has 3 rings (SSSR count). The van der Waals surface area contributed by atoms with Gasteiger partial charge in [0, 0.05) is 23.8 Å². The molecule has 0 spiro atoms. The molecule has 0 saturated carbocycles.